The van der Waals surface area contributed by atoms with Gasteiger partial charge in [0.1, 0.15) is 11.9 Å². The molecule has 6 nitrogen and oxygen atoms in total. The summed E-state index contributed by atoms with van der Waals surface area (Å²) in [6.07, 6.45) is 2.98. The van der Waals surface area contributed by atoms with E-state index < -0.39 is 0 Å². The lowest BCUT2D eigenvalue weighted by Gasteiger charge is -2.26. The molecule has 0 saturated carbocycles. The Balaban J connectivity index is 2.17. The van der Waals surface area contributed by atoms with Crippen molar-refractivity contribution in [3.05, 3.63) is 18.1 Å². The standard InChI is InChI=1S/C8H10N4O2/c9-7(10)6-8(12-2-1-11-6)14-5-3-13-4-5/h1-2,5H,3-4H2,(H3,9,10). The predicted molar refractivity (Wildman–Crippen MR) is 48.3 cm³/mol. The average Bonchev–Trinajstić information content (AvgIpc) is 2.12. The second-order valence-corrected chi connectivity index (χ2v) is 2.90. The number of aromatic nitrogens is 2. The van der Waals surface area contributed by atoms with Gasteiger partial charge in [-0.2, -0.15) is 0 Å². The number of hydrogen-bond donors (Lipinski definition) is 2. The summed E-state index contributed by atoms with van der Waals surface area (Å²) < 4.78 is 10.4. The third-order valence-corrected chi connectivity index (χ3v) is 1.81. The molecule has 1 aromatic heterocycles. The normalized spacial score (nSPS) is 16.0. The Hall–Kier alpha value is -1.69. The van der Waals surface area contributed by atoms with Crippen LogP contribution in [0.25, 0.3) is 0 Å². The van der Waals surface area contributed by atoms with Gasteiger partial charge in [-0.25, -0.2) is 9.97 Å². The molecule has 0 atom stereocenters. The summed E-state index contributed by atoms with van der Waals surface area (Å²) in [5, 5.41) is 7.26. The van der Waals surface area contributed by atoms with Gasteiger partial charge in [-0.05, 0) is 0 Å². The highest BCUT2D eigenvalue weighted by atomic mass is 16.6. The monoisotopic (exact) mass is 194 g/mol. The lowest BCUT2D eigenvalue weighted by Crippen LogP contribution is -2.39. The van der Waals surface area contributed by atoms with Crippen LogP contribution >= 0.6 is 0 Å². The maximum atomic E-state index is 7.26. The van der Waals surface area contributed by atoms with E-state index >= 15 is 0 Å². The van der Waals surface area contributed by atoms with Crippen LogP contribution in [0.15, 0.2) is 12.4 Å². The lowest BCUT2D eigenvalue weighted by molar-refractivity contribution is -0.0815. The molecule has 0 aromatic carbocycles. The van der Waals surface area contributed by atoms with Crippen molar-refractivity contribution in [2.45, 2.75) is 6.10 Å². The summed E-state index contributed by atoms with van der Waals surface area (Å²) in [5.41, 5.74) is 5.60. The van der Waals surface area contributed by atoms with Crippen LogP contribution in [0.2, 0.25) is 0 Å². The van der Waals surface area contributed by atoms with Crippen molar-refractivity contribution in [2.24, 2.45) is 5.73 Å². The minimum Gasteiger partial charge on any atom is -0.468 e. The Bertz CT molecular complexity index is 351. The van der Waals surface area contributed by atoms with Gasteiger partial charge >= 0.3 is 0 Å². The van der Waals surface area contributed by atoms with Crippen molar-refractivity contribution in [2.75, 3.05) is 13.2 Å². The molecule has 2 heterocycles. The van der Waals surface area contributed by atoms with Gasteiger partial charge in [-0.15, -0.1) is 0 Å². The van der Waals surface area contributed by atoms with Gasteiger partial charge in [-0.3, -0.25) is 5.41 Å². The van der Waals surface area contributed by atoms with E-state index in [1.165, 1.54) is 12.4 Å². The van der Waals surface area contributed by atoms with Crippen LogP contribution in [-0.2, 0) is 4.74 Å². The Labute approximate surface area is 80.6 Å². The topological polar surface area (TPSA) is 94.1 Å². The molecule has 3 N–H and O–H groups in total. The van der Waals surface area contributed by atoms with Crippen LogP contribution in [0.1, 0.15) is 5.69 Å². The molecule has 6 heteroatoms. The van der Waals surface area contributed by atoms with Crippen molar-refractivity contribution < 1.29 is 9.47 Å². The molecule has 1 fully saturated rings. The van der Waals surface area contributed by atoms with Crippen LogP contribution in [-0.4, -0.2) is 35.1 Å². The van der Waals surface area contributed by atoms with Gasteiger partial charge in [0.15, 0.2) is 5.69 Å². The number of nitrogen functional groups attached to an aromatic ring is 1. The van der Waals surface area contributed by atoms with E-state index in [-0.39, 0.29) is 17.6 Å². The quantitative estimate of drug-likeness (QED) is 0.501. The smallest absolute Gasteiger partial charge is 0.244 e. The minimum absolute atomic E-state index is 0.00444. The highest BCUT2D eigenvalue weighted by molar-refractivity contribution is 5.94. The zero-order valence-corrected chi connectivity index (χ0v) is 7.43. The third kappa shape index (κ3) is 1.64. The summed E-state index contributed by atoms with van der Waals surface area (Å²) in [6.45, 7) is 1.10. The Kier molecular flexibility index (Phi) is 2.28. The molecule has 1 aliphatic heterocycles. The molecular formula is C8H10N4O2. The number of nitrogens with two attached hydrogens (primary N) is 1. The Morgan fingerprint density at radius 2 is 2.21 bits per heavy atom. The van der Waals surface area contributed by atoms with E-state index in [9.17, 15) is 0 Å². The van der Waals surface area contributed by atoms with Gasteiger partial charge < -0.3 is 15.2 Å². The van der Waals surface area contributed by atoms with E-state index in [4.69, 9.17) is 20.6 Å². The van der Waals surface area contributed by atoms with Gasteiger partial charge in [-0.1, -0.05) is 0 Å². The molecule has 14 heavy (non-hydrogen) atoms. The Morgan fingerprint density at radius 3 is 2.79 bits per heavy atom. The fourth-order valence-electron chi connectivity index (χ4n) is 1.04. The zero-order valence-electron chi connectivity index (χ0n) is 7.43. The third-order valence-electron chi connectivity index (χ3n) is 1.81. The summed E-state index contributed by atoms with van der Waals surface area (Å²) >= 11 is 0. The molecule has 1 saturated heterocycles. The molecule has 0 unspecified atom stereocenters. The summed E-state index contributed by atoms with van der Waals surface area (Å²) in [6, 6.07) is 0. The molecular weight excluding hydrogens is 184 g/mol. The van der Waals surface area contributed by atoms with Crippen molar-refractivity contribution in [1.82, 2.24) is 9.97 Å². The molecule has 0 spiro atoms. The number of ether oxygens (including phenoxy) is 2. The first kappa shape index (κ1) is 8.89. The lowest BCUT2D eigenvalue weighted by atomic mass is 10.3. The number of nitrogens with zero attached hydrogens (tertiary/aromatic N) is 2. The van der Waals surface area contributed by atoms with Crippen LogP contribution in [0.5, 0.6) is 5.88 Å². The highest BCUT2D eigenvalue weighted by Gasteiger charge is 2.22. The van der Waals surface area contributed by atoms with Gasteiger partial charge in [0.25, 0.3) is 0 Å². The van der Waals surface area contributed by atoms with E-state index in [0.29, 0.717) is 19.1 Å². The van der Waals surface area contributed by atoms with Crippen LogP contribution in [0, 0.1) is 5.41 Å². The summed E-state index contributed by atoms with van der Waals surface area (Å²) in [7, 11) is 0. The first-order chi connectivity index (χ1) is 6.77. The first-order valence-electron chi connectivity index (χ1n) is 4.17. The number of hydrogen-bond acceptors (Lipinski definition) is 5. The first-order valence-corrected chi connectivity index (χ1v) is 4.17. The van der Waals surface area contributed by atoms with Gasteiger partial charge in [0, 0.05) is 12.4 Å². The molecule has 0 bridgehead atoms. The van der Waals surface area contributed by atoms with Crippen molar-refractivity contribution in [3.63, 3.8) is 0 Å². The fraction of sp³-hybridized carbons (Fsp3) is 0.375. The summed E-state index contributed by atoms with van der Waals surface area (Å²) in [4.78, 5) is 7.87. The minimum atomic E-state index is -0.145. The number of amidine groups is 1. The van der Waals surface area contributed by atoms with Crippen LogP contribution in [0.3, 0.4) is 0 Å². The molecule has 1 aromatic rings. The number of rotatable bonds is 3. The maximum Gasteiger partial charge on any atom is 0.244 e. The highest BCUT2D eigenvalue weighted by Crippen LogP contribution is 2.15. The molecule has 74 valence electrons. The van der Waals surface area contributed by atoms with Crippen molar-refractivity contribution in [3.8, 4) is 5.88 Å². The van der Waals surface area contributed by atoms with E-state index in [0.717, 1.165) is 0 Å². The Morgan fingerprint density at radius 1 is 1.50 bits per heavy atom. The largest absolute Gasteiger partial charge is 0.468 e. The SMILES string of the molecule is N=C(N)c1nccnc1OC1COC1. The van der Waals surface area contributed by atoms with E-state index in [1.807, 2.05) is 0 Å². The fourth-order valence-corrected chi connectivity index (χ4v) is 1.04. The van der Waals surface area contributed by atoms with Crippen molar-refractivity contribution >= 4 is 5.84 Å². The van der Waals surface area contributed by atoms with E-state index in [1.54, 1.807) is 0 Å². The number of nitrogens with one attached hydrogen (secondary N) is 1. The average molecular weight is 194 g/mol. The molecule has 1 aliphatic rings. The molecule has 0 radical (unpaired) electrons. The van der Waals surface area contributed by atoms with Crippen LogP contribution < -0.4 is 10.5 Å². The molecule has 0 aliphatic carbocycles. The van der Waals surface area contributed by atoms with Crippen molar-refractivity contribution in [1.29, 1.82) is 5.41 Å². The second kappa shape index (κ2) is 3.59. The van der Waals surface area contributed by atoms with Gasteiger partial charge in [0.2, 0.25) is 5.88 Å². The van der Waals surface area contributed by atoms with Crippen LogP contribution in [0.4, 0.5) is 0 Å². The van der Waals surface area contributed by atoms with E-state index in [2.05, 4.69) is 9.97 Å². The molecule has 0 amide bonds. The predicted octanol–water partition coefficient (Wildman–Crippen LogP) is -0.462. The summed E-state index contributed by atoms with van der Waals surface area (Å²) in [5.74, 6) is 0.154. The van der Waals surface area contributed by atoms with Gasteiger partial charge in [0.05, 0.1) is 13.2 Å². The second-order valence-electron chi connectivity index (χ2n) is 2.90. The maximum absolute atomic E-state index is 7.26. The zero-order chi connectivity index (χ0) is 9.97. The molecule has 2 rings (SSSR count).